The van der Waals surface area contributed by atoms with Crippen molar-refractivity contribution in [1.29, 1.82) is 0 Å². The summed E-state index contributed by atoms with van der Waals surface area (Å²) in [6.45, 7) is 1.17. The van der Waals surface area contributed by atoms with E-state index in [1.54, 1.807) is 36.3 Å². The standard InChI is InChI=1S/C13H16Cl2N4O/c1-16-12(11-9(14)4-3-5-17-11)13-10(15)8-18-19(13)6-7-20-2/h3-5,8,12,16H,6-7H2,1-2H3. The lowest BCUT2D eigenvalue weighted by molar-refractivity contribution is 0.182. The van der Waals surface area contributed by atoms with Gasteiger partial charge >= 0.3 is 0 Å². The maximum atomic E-state index is 6.26. The maximum Gasteiger partial charge on any atom is 0.0949 e. The van der Waals surface area contributed by atoms with Crippen LogP contribution in [0.15, 0.2) is 24.5 Å². The Hall–Kier alpha value is -1.14. The fourth-order valence-electron chi connectivity index (χ4n) is 2.03. The summed E-state index contributed by atoms with van der Waals surface area (Å²) in [5, 5.41) is 8.61. The molecule has 0 aromatic carbocycles. The Morgan fingerprint density at radius 2 is 2.20 bits per heavy atom. The highest BCUT2D eigenvalue weighted by Gasteiger charge is 2.23. The molecule has 2 aromatic heterocycles. The quantitative estimate of drug-likeness (QED) is 0.890. The van der Waals surface area contributed by atoms with Gasteiger partial charge < -0.3 is 10.1 Å². The lowest BCUT2D eigenvalue weighted by Crippen LogP contribution is -2.24. The molecule has 2 aromatic rings. The van der Waals surface area contributed by atoms with Crippen molar-refractivity contribution in [3.8, 4) is 0 Å². The van der Waals surface area contributed by atoms with Crippen LogP contribution < -0.4 is 5.32 Å². The summed E-state index contributed by atoms with van der Waals surface area (Å²) in [6.07, 6.45) is 3.32. The molecule has 7 heteroatoms. The molecule has 5 nitrogen and oxygen atoms in total. The van der Waals surface area contributed by atoms with E-state index in [1.807, 2.05) is 7.05 Å². The molecule has 0 aliphatic carbocycles. The van der Waals surface area contributed by atoms with Gasteiger partial charge in [0.05, 0.1) is 46.8 Å². The van der Waals surface area contributed by atoms with Gasteiger partial charge in [0.1, 0.15) is 0 Å². The van der Waals surface area contributed by atoms with Crippen LogP contribution >= 0.6 is 23.2 Å². The number of nitrogens with zero attached hydrogens (tertiary/aromatic N) is 3. The molecular weight excluding hydrogens is 299 g/mol. The number of aromatic nitrogens is 3. The Balaban J connectivity index is 2.42. The van der Waals surface area contributed by atoms with Crippen molar-refractivity contribution in [3.05, 3.63) is 46.0 Å². The molecule has 0 bridgehead atoms. The fraction of sp³-hybridized carbons (Fsp3) is 0.385. The molecule has 0 amide bonds. The van der Waals surface area contributed by atoms with Gasteiger partial charge in [-0.25, -0.2) is 0 Å². The topological polar surface area (TPSA) is 52.0 Å². The number of ether oxygens (including phenoxy) is 1. The van der Waals surface area contributed by atoms with E-state index in [0.29, 0.717) is 23.2 Å². The molecule has 1 N–H and O–H groups in total. The molecule has 2 rings (SSSR count). The minimum Gasteiger partial charge on any atom is -0.383 e. The molecule has 1 atom stereocenters. The fourth-order valence-corrected chi connectivity index (χ4v) is 2.51. The average molecular weight is 315 g/mol. The van der Waals surface area contributed by atoms with Crippen LogP contribution in [0.3, 0.4) is 0 Å². The first-order chi connectivity index (χ1) is 9.69. The summed E-state index contributed by atoms with van der Waals surface area (Å²) in [4.78, 5) is 4.34. The first kappa shape index (κ1) is 15.3. The summed E-state index contributed by atoms with van der Waals surface area (Å²) in [5.74, 6) is 0. The number of methoxy groups -OCH3 is 1. The van der Waals surface area contributed by atoms with Gasteiger partial charge in [-0.05, 0) is 19.2 Å². The van der Waals surface area contributed by atoms with Crippen LogP contribution in [-0.2, 0) is 11.3 Å². The Morgan fingerprint density at radius 3 is 2.85 bits per heavy atom. The zero-order valence-electron chi connectivity index (χ0n) is 11.3. The van der Waals surface area contributed by atoms with Crippen molar-refractivity contribution in [3.63, 3.8) is 0 Å². The zero-order chi connectivity index (χ0) is 14.5. The zero-order valence-corrected chi connectivity index (χ0v) is 12.8. The molecule has 0 aliphatic rings. The van der Waals surface area contributed by atoms with Gasteiger partial charge in [0.2, 0.25) is 0 Å². The van der Waals surface area contributed by atoms with E-state index in [0.717, 1.165) is 11.4 Å². The first-order valence-corrected chi connectivity index (χ1v) is 6.92. The molecule has 108 valence electrons. The molecular formula is C13H16Cl2N4O. The van der Waals surface area contributed by atoms with Crippen molar-refractivity contribution in [1.82, 2.24) is 20.1 Å². The molecule has 2 heterocycles. The highest BCUT2D eigenvalue weighted by Crippen LogP contribution is 2.30. The molecule has 0 radical (unpaired) electrons. The summed E-state index contributed by atoms with van der Waals surface area (Å²) in [5.41, 5.74) is 1.55. The SMILES string of the molecule is CNC(c1ncccc1Cl)c1c(Cl)cnn1CCOC. The van der Waals surface area contributed by atoms with E-state index in [1.165, 1.54) is 0 Å². The van der Waals surface area contributed by atoms with E-state index >= 15 is 0 Å². The lowest BCUT2D eigenvalue weighted by Gasteiger charge is -2.19. The Morgan fingerprint density at radius 1 is 1.40 bits per heavy atom. The number of rotatable bonds is 6. The highest BCUT2D eigenvalue weighted by atomic mass is 35.5. The lowest BCUT2D eigenvalue weighted by atomic mass is 10.1. The van der Waals surface area contributed by atoms with Gasteiger partial charge in [-0.15, -0.1) is 0 Å². The molecule has 0 fully saturated rings. The van der Waals surface area contributed by atoms with Crippen molar-refractivity contribution in [2.45, 2.75) is 12.6 Å². The second kappa shape index (κ2) is 7.04. The summed E-state index contributed by atoms with van der Waals surface area (Å²) in [6, 6.07) is 3.37. The number of hydrogen-bond acceptors (Lipinski definition) is 4. The van der Waals surface area contributed by atoms with Gasteiger partial charge in [-0.3, -0.25) is 9.67 Å². The molecule has 0 saturated heterocycles. The third-order valence-electron chi connectivity index (χ3n) is 2.96. The second-order valence-electron chi connectivity index (χ2n) is 4.19. The average Bonchev–Trinajstić information content (AvgIpc) is 2.81. The van der Waals surface area contributed by atoms with Crippen LogP contribution in [0.25, 0.3) is 0 Å². The van der Waals surface area contributed by atoms with Crippen molar-refractivity contribution >= 4 is 23.2 Å². The minimum atomic E-state index is -0.226. The van der Waals surface area contributed by atoms with E-state index < -0.39 is 0 Å². The molecule has 20 heavy (non-hydrogen) atoms. The van der Waals surface area contributed by atoms with Crippen LogP contribution in [0, 0.1) is 0 Å². The van der Waals surface area contributed by atoms with E-state index in [2.05, 4.69) is 15.4 Å². The Bertz CT molecular complexity index is 573. The number of pyridine rings is 1. The normalized spacial score (nSPS) is 12.6. The Kier molecular flexibility index (Phi) is 5.37. The summed E-state index contributed by atoms with van der Waals surface area (Å²) in [7, 11) is 3.48. The number of nitrogens with one attached hydrogen (secondary N) is 1. The van der Waals surface area contributed by atoms with Crippen LogP contribution in [0.2, 0.25) is 10.0 Å². The maximum absolute atomic E-state index is 6.26. The van der Waals surface area contributed by atoms with E-state index in [4.69, 9.17) is 27.9 Å². The molecule has 1 unspecified atom stereocenters. The minimum absolute atomic E-state index is 0.226. The summed E-state index contributed by atoms with van der Waals surface area (Å²) < 4.78 is 6.89. The van der Waals surface area contributed by atoms with Crippen LogP contribution in [0.4, 0.5) is 0 Å². The third-order valence-corrected chi connectivity index (χ3v) is 3.57. The molecule has 0 aliphatic heterocycles. The predicted molar refractivity (Wildman–Crippen MR) is 79.3 cm³/mol. The van der Waals surface area contributed by atoms with Gasteiger partial charge in [0.25, 0.3) is 0 Å². The van der Waals surface area contributed by atoms with Gasteiger partial charge in [-0.1, -0.05) is 23.2 Å². The van der Waals surface area contributed by atoms with Gasteiger partial charge in [0.15, 0.2) is 0 Å². The first-order valence-electron chi connectivity index (χ1n) is 6.16. The predicted octanol–water partition coefficient (Wildman–Crippen LogP) is 2.54. The monoisotopic (exact) mass is 314 g/mol. The Labute approximate surface area is 127 Å². The third kappa shape index (κ3) is 3.12. The second-order valence-corrected chi connectivity index (χ2v) is 5.00. The van der Waals surface area contributed by atoms with Gasteiger partial charge in [0, 0.05) is 13.3 Å². The van der Waals surface area contributed by atoms with Crippen LogP contribution in [-0.4, -0.2) is 35.5 Å². The van der Waals surface area contributed by atoms with E-state index in [-0.39, 0.29) is 6.04 Å². The van der Waals surface area contributed by atoms with Crippen molar-refractivity contribution in [2.75, 3.05) is 20.8 Å². The van der Waals surface area contributed by atoms with Gasteiger partial charge in [-0.2, -0.15) is 5.10 Å². The number of halogens is 2. The molecule has 0 saturated carbocycles. The van der Waals surface area contributed by atoms with Crippen molar-refractivity contribution in [2.24, 2.45) is 0 Å². The van der Waals surface area contributed by atoms with E-state index in [9.17, 15) is 0 Å². The van der Waals surface area contributed by atoms with Crippen molar-refractivity contribution < 1.29 is 4.74 Å². The number of hydrogen-bond donors (Lipinski definition) is 1. The highest BCUT2D eigenvalue weighted by molar-refractivity contribution is 6.32. The van der Waals surface area contributed by atoms with Crippen LogP contribution in [0.5, 0.6) is 0 Å². The largest absolute Gasteiger partial charge is 0.383 e. The molecule has 0 spiro atoms. The summed E-state index contributed by atoms with van der Waals surface area (Å²) >= 11 is 12.5. The van der Waals surface area contributed by atoms with Crippen LogP contribution in [0.1, 0.15) is 17.4 Å². The smallest absolute Gasteiger partial charge is 0.0949 e.